The van der Waals surface area contributed by atoms with Crippen LogP contribution in [0.25, 0.3) is 0 Å². The minimum Gasteiger partial charge on any atom is -0.377 e. The molecule has 0 aliphatic carbocycles. The zero-order chi connectivity index (χ0) is 10.6. The maximum absolute atomic E-state index is 11.9. The summed E-state index contributed by atoms with van der Waals surface area (Å²) in [6.07, 6.45) is 0.767. The van der Waals surface area contributed by atoms with E-state index in [1.165, 1.54) is 0 Å². The highest BCUT2D eigenvalue weighted by molar-refractivity contribution is 5.78. The average molecular weight is 200 g/mol. The maximum Gasteiger partial charge on any atom is 0.225 e. The molecule has 1 fully saturated rings. The predicted octanol–water partition coefficient (Wildman–Crippen LogP) is 0.219. The number of amides is 1. The summed E-state index contributed by atoms with van der Waals surface area (Å²) < 4.78 is 5.28. The van der Waals surface area contributed by atoms with Crippen LogP contribution in [0.4, 0.5) is 0 Å². The van der Waals surface area contributed by atoms with Crippen LogP contribution < -0.4 is 5.73 Å². The van der Waals surface area contributed by atoms with Gasteiger partial charge in [-0.05, 0) is 19.9 Å². The van der Waals surface area contributed by atoms with Crippen molar-refractivity contribution >= 4 is 5.91 Å². The first-order valence-corrected chi connectivity index (χ1v) is 5.25. The molecule has 4 heteroatoms. The van der Waals surface area contributed by atoms with Crippen LogP contribution in [0.5, 0.6) is 0 Å². The number of carbonyl (C=O) groups excluding carboxylic acids is 1. The molecule has 2 N–H and O–H groups in total. The number of morpholine rings is 1. The van der Waals surface area contributed by atoms with Gasteiger partial charge in [0.15, 0.2) is 0 Å². The lowest BCUT2D eigenvalue weighted by Crippen LogP contribution is -2.49. The number of nitrogens with two attached hydrogens (primary N) is 1. The fourth-order valence-electron chi connectivity index (χ4n) is 1.71. The molecule has 1 saturated heterocycles. The standard InChI is InChI=1S/C10H20N2O2/c1-8(3-4-11)10(13)12-5-6-14-7-9(12)2/h8-9H,3-7,11H2,1-2H3. The van der Waals surface area contributed by atoms with E-state index in [-0.39, 0.29) is 17.9 Å². The van der Waals surface area contributed by atoms with Crippen molar-refractivity contribution in [1.29, 1.82) is 0 Å². The summed E-state index contributed by atoms with van der Waals surface area (Å²) in [5.74, 6) is 0.256. The number of hydrogen-bond donors (Lipinski definition) is 1. The molecule has 0 radical (unpaired) electrons. The molecule has 0 aromatic carbocycles. The van der Waals surface area contributed by atoms with Gasteiger partial charge >= 0.3 is 0 Å². The maximum atomic E-state index is 11.9. The molecule has 14 heavy (non-hydrogen) atoms. The van der Waals surface area contributed by atoms with Gasteiger partial charge in [0.25, 0.3) is 0 Å². The summed E-state index contributed by atoms with van der Waals surface area (Å²) in [5, 5.41) is 0. The van der Waals surface area contributed by atoms with Crippen molar-refractivity contribution in [3.05, 3.63) is 0 Å². The van der Waals surface area contributed by atoms with Crippen LogP contribution in [0, 0.1) is 5.92 Å². The smallest absolute Gasteiger partial charge is 0.225 e. The van der Waals surface area contributed by atoms with E-state index in [1.807, 2.05) is 18.7 Å². The molecular weight excluding hydrogens is 180 g/mol. The zero-order valence-electron chi connectivity index (χ0n) is 9.03. The molecule has 1 rings (SSSR count). The normalized spacial score (nSPS) is 24.8. The van der Waals surface area contributed by atoms with Crippen LogP contribution in [0.3, 0.4) is 0 Å². The van der Waals surface area contributed by atoms with Crippen LogP contribution in [-0.2, 0) is 9.53 Å². The average Bonchev–Trinajstić information content (AvgIpc) is 2.18. The summed E-state index contributed by atoms with van der Waals surface area (Å²) in [4.78, 5) is 13.8. The van der Waals surface area contributed by atoms with Gasteiger partial charge in [-0.25, -0.2) is 0 Å². The van der Waals surface area contributed by atoms with Crippen molar-refractivity contribution < 1.29 is 9.53 Å². The van der Waals surface area contributed by atoms with Gasteiger partial charge < -0.3 is 15.4 Å². The van der Waals surface area contributed by atoms with Gasteiger partial charge in [-0.15, -0.1) is 0 Å². The molecule has 4 nitrogen and oxygen atoms in total. The van der Waals surface area contributed by atoms with Crippen molar-refractivity contribution in [3.63, 3.8) is 0 Å². The first kappa shape index (κ1) is 11.5. The summed E-state index contributed by atoms with van der Waals surface area (Å²) in [6.45, 7) is 6.57. The topological polar surface area (TPSA) is 55.6 Å². The lowest BCUT2D eigenvalue weighted by Gasteiger charge is -2.35. The summed E-state index contributed by atoms with van der Waals surface area (Å²) in [7, 11) is 0. The molecule has 0 bridgehead atoms. The number of ether oxygens (including phenoxy) is 1. The third-order valence-corrected chi connectivity index (χ3v) is 2.67. The fourth-order valence-corrected chi connectivity index (χ4v) is 1.71. The van der Waals surface area contributed by atoms with E-state index in [0.717, 1.165) is 13.0 Å². The summed E-state index contributed by atoms with van der Waals surface area (Å²) >= 11 is 0. The van der Waals surface area contributed by atoms with E-state index in [2.05, 4.69) is 0 Å². The molecule has 1 aliphatic heterocycles. The molecule has 0 saturated carbocycles. The highest BCUT2D eigenvalue weighted by Crippen LogP contribution is 2.12. The molecular formula is C10H20N2O2. The Balaban J connectivity index is 2.49. The van der Waals surface area contributed by atoms with E-state index in [4.69, 9.17) is 10.5 Å². The van der Waals surface area contributed by atoms with Crippen molar-refractivity contribution in [2.75, 3.05) is 26.3 Å². The van der Waals surface area contributed by atoms with E-state index in [9.17, 15) is 4.79 Å². The van der Waals surface area contributed by atoms with Gasteiger partial charge in [0.1, 0.15) is 0 Å². The Morgan fingerprint density at radius 1 is 1.71 bits per heavy atom. The predicted molar refractivity (Wildman–Crippen MR) is 54.8 cm³/mol. The van der Waals surface area contributed by atoms with Crippen molar-refractivity contribution in [2.24, 2.45) is 11.7 Å². The van der Waals surface area contributed by atoms with E-state index in [1.54, 1.807) is 0 Å². The summed E-state index contributed by atoms with van der Waals surface area (Å²) in [5.41, 5.74) is 5.44. The van der Waals surface area contributed by atoms with Crippen LogP contribution in [0.15, 0.2) is 0 Å². The van der Waals surface area contributed by atoms with Gasteiger partial charge in [-0.2, -0.15) is 0 Å². The van der Waals surface area contributed by atoms with Gasteiger partial charge in [0.05, 0.1) is 19.3 Å². The van der Waals surface area contributed by atoms with Crippen molar-refractivity contribution in [1.82, 2.24) is 4.90 Å². The highest BCUT2D eigenvalue weighted by Gasteiger charge is 2.26. The number of rotatable bonds is 3. The number of hydrogen-bond acceptors (Lipinski definition) is 3. The Hall–Kier alpha value is -0.610. The second-order valence-corrected chi connectivity index (χ2v) is 3.93. The lowest BCUT2D eigenvalue weighted by molar-refractivity contribution is -0.143. The minimum atomic E-state index is 0.0422. The quantitative estimate of drug-likeness (QED) is 0.709. The Morgan fingerprint density at radius 2 is 2.43 bits per heavy atom. The van der Waals surface area contributed by atoms with Gasteiger partial charge in [0.2, 0.25) is 5.91 Å². The molecule has 1 amide bonds. The SMILES string of the molecule is CC(CCN)C(=O)N1CCOCC1C. The monoisotopic (exact) mass is 200 g/mol. The van der Waals surface area contributed by atoms with Crippen molar-refractivity contribution in [2.45, 2.75) is 26.3 Å². The van der Waals surface area contributed by atoms with E-state index < -0.39 is 0 Å². The van der Waals surface area contributed by atoms with Crippen LogP contribution in [-0.4, -0.2) is 43.2 Å². The third kappa shape index (κ3) is 2.69. The Labute approximate surface area is 85.4 Å². The molecule has 82 valence electrons. The van der Waals surface area contributed by atoms with Crippen molar-refractivity contribution in [3.8, 4) is 0 Å². The third-order valence-electron chi connectivity index (χ3n) is 2.67. The second-order valence-electron chi connectivity index (χ2n) is 3.93. The summed E-state index contributed by atoms with van der Waals surface area (Å²) in [6, 6.07) is 0.205. The molecule has 0 aromatic heterocycles. The molecule has 0 spiro atoms. The Kier molecular flexibility index (Phi) is 4.35. The Morgan fingerprint density at radius 3 is 3.00 bits per heavy atom. The van der Waals surface area contributed by atoms with E-state index in [0.29, 0.717) is 19.8 Å². The van der Waals surface area contributed by atoms with Gasteiger partial charge in [-0.3, -0.25) is 4.79 Å². The second kappa shape index (κ2) is 5.32. The Bertz CT molecular complexity index is 197. The number of carbonyl (C=O) groups is 1. The lowest BCUT2D eigenvalue weighted by atomic mass is 10.1. The fraction of sp³-hybridized carbons (Fsp3) is 0.900. The molecule has 2 unspecified atom stereocenters. The molecule has 1 aliphatic rings. The molecule has 1 heterocycles. The largest absolute Gasteiger partial charge is 0.377 e. The molecule has 0 aromatic rings. The van der Waals surface area contributed by atoms with E-state index >= 15 is 0 Å². The van der Waals surface area contributed by atoms with Crippen LogP contribution in [0.1, 0.15) is 20.3 Å². The van der Waals surface area contributed by atoms with Gasteiger partial charge in [0, 0.05) is 12.5 Å². The highest BCUT2D eigenvalue weighted by atomic mass is 16.5. The first-order chi connectivity index (χ1) is 6.66. The minimum absolute atomic E-state index is 0.0422. The van der Waals surface area contributed by atoms with Crippen LogP contribution in [0.2, 0.25) is 0 Å². The molecule has 2 atom stereocenters. The van der Waals surface area contributed by atoms with Crippen LogP contribution >= 0.6 is 0 Å². The zero-order valence-corrected chi connectivity index (χ0v) is 9.03. The number of nitrogens with zero attached hydrogens (tertiary/aromatic N) is 1. The first-order valence-electron chi connectivity index (χ1n) is 5.25. The van der Waals surface area contributed by atoms with Gasteiger partial charge in [-0.1, -0.05) is 6.92 Å².